The van der Waals surface area contributed by atoms with Crippen LogP contribution in [0.4, 0.5) is 10.5 Å². The summed E-state index contributed by atoms with van der Waals surface area (Å²) in [4.78, 5) is 24.1. The van der Waals surface area contributed by atoms with Gasteiger partial charge in [-0.3, -0.25) is 4.79 Å². The number of nitrogens with one attached hydrogen (secondary N) is 2. The number of aromatic nitrogens is 2. The molecule has 0 aliphatic heterocycles. The van der Waals surface area contributed by atoms with E-state index in [4.69, 9.17) is 11.6 Å². The maximum Gasteiger partial charge on any atom is 0.319 e. The second kappa shape index (κ2) is 6.72. The van der Waals surface area contributed by atoms with Gasteiger partial charge in [-0.25, -0.2) is 9.48 Å². The van der Waals surface area contributed by atoms with Gasteiger partial charge in [0.15, 0.2) is 0 Å². The molecule has 0 bridgehead atoms. The normalized spacial score (nSPS) is 10.6. The van der Waals surface area contributed by atoms with E-state index in [0.717, 1.165) is 5.39 Å². The van der Waals surface area contributed by atoms with Gasteiger partial charge in [0.25, 0.3) is 5.56 Å². The highest BCUT2D eigenvalue weighted by atomic mass is 35.5. The van der Waals surface area contributed by atoms with Crippen LogP contribution in [-0.4, -0.2) is 15.8 Å². The van der Waals surface area contributed by atoms with E-state index in [0.29, 0.717) is 21.8 Å². The number of rotatable bonds is 3. The molecule has 3 aromatic rings. The van der Waals surface area contributed by atoms with E-state index in [1.807, 2.05) is 12.1 Å². The van der Waals surface area contributed by atoms with Crippen molar-refractivity contribution in [3.8, 4) is 0 Å². The molecule has 24 heavy (non-hydrogen) atoms. The summed E-state index contributed by atoms with van der Waals surface area (Å²) in [5, 5.41) is 11.6. The molecule has 7 heteroatoms. The lowest BCUT2D eigenvalue weighted by Gasteiger charge is -2.10. The van der Waals surface area contributed by atoms with Crippen molar-refractivity contribution in [1.29, 1.82) is 0 Å². The number of halogens is 1. The Labute approximate surface area is 143 Å². The number of amides is 2. The van der Waals surface area contributed by atoms with Crippen LogP contribution in [0.25, 0.3) is 10.8 Å². The van der Waals surface area contributed by atoms with Crippen LogP contribution in [0.1, 0.15) is 5.69 Å². The predicted octanol–water partition coefficient (Wildman–Crippen LogP) is 2.91. The van der Waals surface area contributed by atoms with Gasteiger partial charge in [-0.15, -0.1) is 0 Å². The molecule has 0 fully saturated rings. The summed E-state index contributed by atoms with van der Waals surface area (Å²) in [6, 6.07) is 13.6. The average Bonchev–Trinajstić information content (AvgIpc) is 2.59. The largest absolute Gasteiger partial charge is 0.332 e. The first-order valence-corrected chi connectivity index (χ1v) is 7.68. The molecule has 0 aliphatic carbocycles. The lowest BCUT2D eigenvalue weighted by atomic mass is 10.1. The Morgan fingerprint density at radius 1 is 1.12 bits per heavy atom. The number of carbonyl (C=O) groups excluding carboxylic acids is 1. The molecular weight excluding hydrogens is 328 g/mol. The summed E-state index contributed by atoms with van der Waals surface area (Å²) in [6.45, 7) is 0.202. The third-order valence-electron chi connectivity index (χ3n) is 3.55. The van der Waals surface area contributed by atoms with Gasteiger partial charge in [-0.2, -0.15) is 5.10 Å². The Bertz CT molecular complexity index is 951. The second-order valence-corrected chi connectivity index (χ2v) is 5.67. The number of aryl methyl sites for hydroxylation is 1. The van der Waals surface area contributed by atoms with Crippen LogP contribution in [0.15, 0.2) is 53.3 Å². The first-order valence-electron chi connectivity index (χ1n) is 7.30. The number of hydrogen-bond donors (Lipinski definition) is 2. The number of urea groups is 1. The van der Waals surface area contributed by atoms with Gasteiger partial charge in [0.05, 0.1) is 17.6 Å². The lowest BCUT2D eigenvalue weighted by molar-refractivity contribution is 0.251. The average molecular weight is 343 g/mol. The minimum atomic E-state index is -0.364. The molecule has 2 N–H and O–H groups in total. The van der Waals surface area contributed by atoms with Gasteiger partial charge in [-0.05, 0) is 30.3 Å². The number of anilines is 1. The summed E-state index contributed by atoms with van der Waals surface area (Å²) in [7, 11) is 1.59. The highest BCUT2D eigenvalue weighted by Crippen LogP contribution is 2.14. The van der Waals surface area contributed by atoms with Crippen molar-refractivity contribution >= 4 is 34.1 Å². The fraction of sp³-hybridized carbons (Fsp3) is 0.118. The smallest absolute Gasteiger partial charge is 0.319 e. The molecule has 0 unspecified atom stereocenters. The number of hydrogen-bond acceptors (Lipinski definition) is 3. The van der Waals surface area contributed by atoms with Crippen molar-refractivity contribution < 1.29 is 4.79 Å². The highest BCUT2D eigenvalue weighted by Gasteiger charge is 2.09. The zero-order valence-corrected chi connectivity index (χ0v) is 13.7. The highest BCUT2D eigenvalue weighted by molar-refractivity contribution is 6.30. The van der Waals surface area contributed by atoms with E-state index in [2.05, 4.69) is 15.7 Å². The molecule has 2 amide bonds. The zero-order valence-electron chi connectivity index (χ0n) is 12.9. The Morgan fingerprint density at radius 2 is 1.79 bits per heavy atom. The molecule has 0 radical (unpaired) electrons. The van der Waals surface area contributed by atoms with Gasteiger partial charge in [0.1, 0.15) is 0 Å². The van der Waals surface area contributed by atoms with E-state index in [-0.39, 0.29) is 18.1 Å². The molecule has 1 aromatic heterocycles. The summed E-state index contributed by atoms with van der Waals surface area (Å²) < 4.78 is 1.27. The molecule has 0 aliphatic rings. The van der Waals surface area contributed by atoms with Crippen LogP contribution in [-0.2, 0) is 13.6 Å². The molecule has 6 nitrogen and oxygen atoms in total. The molecule has 3 rings (SSSR count). The minimum absolute atomic E-state index is 0.167. The van der Waals surface area contributed by atoms with Crippen LogP contribution in [0.3, 0.4) is 0 Å². The Hall–Kier alpha value is -2.86. The number of benzene rings is 2. The van der Waals surface area contributed by atoms with Crippen LogP contribution in [0, 0.1) is 0 Å². The molecule has 1 heterocycles. The Balaban J connectivity index is 1.76. The van der Waals surface area contributed by atoms with Crippen molar-refractivity contribution in [3.05, 3.63) is 69.6 Å². The SMILES string of the molecule is Cn1nc(CNC(=O)Nc2ccc(Cl)cc2)c2ccccc2c1=O. The third-order valence-corrected chi connectivity index (χ3v) is 3.80. The lowest BCUT2D eigenvalue weighted by Crippen LogP contribution is -2.30. The van der Waals surface area contributed by atoms with Crippen molar-refractivity contribution in [3.63, 3.8) is 0 Å². The van der Waals surface area contributed by atoms with E-state index < -0.39 is 0 Å². The second-order valence-electron chi connectivity index (χ2n) is 5.24. The number of fused-ring (bicyclic) bond motifs is 1. The fourth-order valence-electron chi connectivity index (χ4n) is 2.38. The molecule has 0 saturated heterocycles. The van der Waals surface area contributed by atoms with E-state index in [1.165, 1.54) is 4.68 Å². The predicted molar refractivity (Wildman–Crippen MR) is 94.3 cm³/mol. The van der Waals surface area contributed by atoms with Crippen molar-refractivity contribution in [1.82, 2.24) is 15.1 Å². The number of nitrogens with zero attached hydrogens (tertiary/aromatic N) is 2. The van der Waals surface area contributed by atoms with Crippen molar-refractivity contribution in [2.24, 2.45) is 7.05 Å². The topological polar surface area (TPSA) is 76.0 Å². The maximum absolute atomic E-state index is 12.1. The summed E-state index contributed by atoms with van der Waals surface area (Å²) in [5.74, 6) is 0. The third kappa shape index (κ3) is 3.38. The molecule has 2 aromatic carbocycles. The van der Waals surface area contributed by atoms with Crippen LogP contribution in [0.2, 0.25) is 5.02 Å². The van der Waals surface area contributed by atoms with Crippen LogP contribution < -0.4 is 16.2 Å². The van der Waals surface area contributed by atoms with E-state index in [9.17, 15) is 9.59 Å². The van der Waals surface area contributed by atoms with Gasteiger partial charge < -0.3 is 10.6 Å². The number of carbonyl (C=O) groups is 1. The Morgan fingerprint density at radius 3 is 2.50 bits per heavy atom. The quantitative estimate of drug-likeness (QED) is 0.768. The maximum atomic E-state index is 12.1. The van der Waals surface area contributed by atoms with Crippen LogP contribution >= 0.6 is 11.6 Å². The van der Waals surface area contributed by atoms with Crippen molar-refractivity contribution in [2.75, 3.05) is 5.32 Å². The monoisotopic (exact) mass is 342 g/mol. The molecule has 122 valence electrons. The van der Waals surface area contributed by atoms with E-state index in [1.54, 1.807) is 43.4 Å². The summed E-state index contributed by atoms with van der Waals surface area (Å²) >= 11 is 5.81. The standard InChI is InChI=1S/C17H15ClN4O2/c1-22-16(23)14-5-3-2-4-13(14)15(21-22)10-19-17(24)20-12-8-6-11(18)7-9-12/h2-9H,10H2,1H3,(H2,19,20,24). The summed E-state index contributed by atoms with van der Waals surface area (Å²) in [6.07, 6.45) is 0. The summed E-state index contributed by atoms with van der Waals surface area (Å²) in [5.41, 5.74) is 1.09. The van der Waals surface area contributed by atoms with E-state index >= 15 is 0 Å². The molecule has 0 spiro atoms. The first kappa shape index (κ1) is 16.0. The molecule has 0 saturated carbocycles. The van der Waals surface area contributed by atoms with Crippen molar-refractivity contribution in [2.45, 2.75) is 6.54 Å². The van der Waals surface area contributed by atoms with Gasteiger partial charge >= 0.3 is 6.03 Å². The van der Waals surface area contributed by atoms with Gasteiger partial charge in [0, 0.05) is 23.1 Å². The molecule has 0 atom stereocenters. The zero-order chi connectivity index (χ0) is 17.1. The Kier molecular flexibility index (Phi) is 4.48. The van der Waals surface area contributed by atoms with Gasteiger partial charge in [0.2, 0.25) is 0 Å². The van der Waals surface area contributed by atoms with Gasteiger partial charge in [-0.1, -0.05) is 29.8 Å². The fourth-order valence-corrected chi connectivity index (χ4v) is 2.51. The van der Waals surface area contributed by atoms with Crippen LogP contribution in [0.5, 0.6) is 0 Å². The first-order chi connectivity index (χ1) is 11.5. The minimum Gasteiger partial charge on any atom is -0.332 e. The molecular formula is C17H15ClN4O2.